The van der Waals surface area contributed by atoms with Gasteiger partial charge in [-0.15, -0.1) is 0 Å². The van der Waals surface area contributed by atoms with Crippen molar-refractivity contribution in [2.24, 2.45) is 29.1 Å². The molecule has 2 fully saturated rings. The fourth-order valence-electron chi connectivity index (χ4n) is 7.21. The number of ketones is 1. The van der Waals surface area contributed by atoms with Crippen molar-refractivity contribution >= 4 is 5.78 Å². The van der Waals surface area contributed by atoms with Crippen LogP contribution < -0.4 is 0 Å². The van der Waals surface area contributed by atoms with Gasteiger partial charge in [-0.25, -0.2) is 0 Å². The zero-order chi connectivity index (χ0) is 17.2. The Balaban J connectivity index is 1.53. The van der Waals surface area contributed by atoms with E-state index in [1.165, 1.54) is 24.8 Å². The van der Waals surface area contributed by atoms with Gasteiger partial charge in [-0.05, 0) is 79.9 Å². The molecule has 4 unspecified atom stereocenters. The molecule has 3 heteroatoms. The lowest BCUT2D eigenvalue weighted by Gasteiger charge is -2.55. The second-order valence-electron chi connectivity index (χ2n) is 8.81. The van der Waals surface area contributed by atoms with Crippen LogP contribution in [0.4, 0.5) is 0 Å². The van der Waals surface area contributed by atoms with Crippen LogP contribution in [-0.4, -0.2) is 22.8 Å². The molecule has 134 valence electrons. The predicted octanol–water partition coefficient (Wildman–Crippen LogP) is 3.94. The molecule has 1 aliphatic heterocycles. The highest BCUT2D eigenvalue weighted by Crippen LogP contribution is 2.67. The Bertz CT molecular complexity index is 689. The highest BCUT2D eigenvalue weighted by Gasteiger charge is 2.64. The molecule has 3 nitrogen and oxygen atoms in total. The topological polar surface area (TPSA) is 46.5 Å². The number of rotatable bonds is 1. The second kappa shape index (κ2) is 5.40. The molecule has 4 aliphatic carbocycles. The van der Waals surface area contributed by atoms with E-state index in [-0.39, 0.29) is 11.0 Å². The molecule has 7 atom stereocenters. The molecule has 0 aromatic heterocycles. The first-order valence-corrected chi connectivity index (χ1v) is 10.1. The van der Waals surface area contributed by atoms with E-state index >= 15 is 0 Å². The highest BCUT2D eigenvalue weighted by atomic mass is 16.6. The Morgan fingerprint density at radius 2 is 2.12 bits per heavy atom. The Morgan fingerprint density at radius 3 is 2.88 bits per heavy atom. The molecule has 1 N–H and O–H groups in total. The van der Waals surface area contributed by atoms with E-state index < -0.39 is 6.29 Å². The predicted molar refractivity (Wildman–Crippen MR) is 95.6 cm³/mol. The zero-order valence-electron chi connectivity index (χ0n) is 15.0. The van der Waals surface area contributed by atoms with E-state index in [0.29, 0.717) is 29.5 Å². The standard InChI is InChI=1S/C22H28O3/c1-2-21-10-7-17-16-6-4-15(23)13-14(16)3-5-18(17)19(21)8-11-22(21)12-9-20(24)25-22/h3,5,9,12-13,16-20,24H,2,4,6-8,10-11H2,1H3/t16-,17?,18?,19?,20?,21-,22+/m0/s1. The largest absolute Gasteiger partial charge is 0.365 e. The summed E-state index contributed by atoms with van der Waals surface area (Å²) in [6, 6.07) is 0. The summed E-state index contributed by atoms with van der Waals surface area (Å²) in [5.74, 6) is 2.77. The van der Waals surface area contributed by atoms with Crippen LogP contribution in [0.3, 0.4) is 0 Å². The SMILES string of the molecule is CC[C@]12CCC3C(C=CC4=CC(=O)CC[C@@H]43)C1CC[C@@]21C=CC(O)O1. The molecule has 5 rings (SSSR count). The summed E-state index contributed by atoms with van der Waals surface area (Å²) in [6.45, 7) is 2.31. The maximum Gasteiger partial charge on any atom is 0.175 e. The van der Waals surface area contributed by atoms with Gasteiger partial charge in [0, 0.05) is 11.8 Å². The lowest BCUT2D eigenvalue weighted by Crippen LogP contribution is -2.53. The first-order chi connectivity index (χ1) is 12.1. The van der Waals surface area contributed by atoms with Crippen LogP contribution in [0.1, 0.15) is 51.9 Å². The number of aliphatic hydroxyl groups is 1. The summed E-state index contributed by atoms with van der Waals surface area (Å²) in [5, 5.41) is 10.0. The molecule has 0 aromatic carbocycles. The van der Waals surface area contributed by atoms with E-state index in [2.05, 4.69) is 25.2 Å². The van der Waals surface area contributed by atoms with Gasteiger partial charge >= 0.3 is 0 Å². The van der Waals surface area contributed by atoms with Crippen LogP contribution in [0.25, 0.3) is 0 Å². The Labute approximate surface area is 149 Å². The molecule has 1 spiro atoms. The van der Waals surface area contributed by atoms with Crippen LogP contribution in [0.2, 0.25) is 0 Å². The summed E-state index contributed by atoms with van der Waals surface area (Å²) in [7, 11) is 0. The van der Waals surface area contributed by atoms with Crippen molar-refractivity contribution in [1.82, 2.24) is 0 Å². The van der Waals surface area contributed by atoms with Gasteiger partial charge in [-0.3, -0.25) is 4.79 Å². The molecule has 0 aromatic rings. The zero-order valence-corrected chi connectivity index (χ0v) is 15.0. The Morgan fingerprint density at radius 1 is 1.24 bits per heavy atom. The third-order valence-electron chi connectivity index (χ3n) is 8.24. The molecule has 0 saturated heterocycles. The number of aliphatic hydroxyl groups excluding tert-OH is 1. The van der Waals surface area contributed by atoms with E-state index in [9.17, 15) is 9.90 Å². The maximum atomic E-state index is 11.8. The lowest BCUT2D eigenvalue weighted by molar-refractivity contribution is -0.184. The minimum atomic E-state index is -0.735. The monoisotopic (exact) mass is 340 g/mol. The average Bonchev–Trinajstić information content (AvgIpc) is 3.16. The molecule has 0 radical (unpaired) electrons. The minimum Gasteiger partial charge on any atom is -0.365 e. The van der Waals surface area contributed by atoms with Crippen molar-refractivity contribution in [3.63, 3.8) is 0 Å². The average molecular weight is 340 g/mol. The van der Waals surface area contributed by atoms with Crippen LogP contribution in [-0.2, 0) is 9.53 Å². The van der Waals surface area contributed by atoms with Gasteiger partial charge in [0.05, 0.1) is 5.60 Å². The van der Waals surface area contributed by atoms with Crippen molar-refractivity contribution in [1.29, 1.82) is 0 Å². The number of carbonyl (C=O) groups is 1. The van der Waals surface area contributed by atoms with Crippen LogP contribution in [0.15, 0.2) is 36.0 Å². The fraction of sp³-hybridized carbons (Fsp3) is 0.682. The number of allylic oxidation sites excluding steroid dienone is 4. The molecular formula is C22H28O3. The number of hydrogen-bond acceptors (Lipinski definition) is 3. The number of ether oxygens (including phenoxy) is 1. The third-order valence-corrected chi connectivity index (χ3v) is 8.24. The van der Waals surface area contributed by atoms with Crippen molar-refractivity contribution < 1.29 is 14.6 Å². The molecule has 25 heavy (non-hydrogen) atoms. The molecule has 1 heterocycles. The number of carbonyl (C=O) groups excluding carboxylic acids is 1. The first-order valence-electron chi connectivity index (χ1n) is 10.1. The van der Waals surface area contributed by atoms with Crippen LogP contribution in [0.5, 0.6) is 0 Å². The van der Waals surface area contributed by atoms with Crippen molar-refractivity contribution in [3.8, 4) is 0 Å². The molecule has 0 bridgehead atoms. The quantitative estimate of drug-likeness (QED) is 0.736. The smallest absolute Gasteiger partial charge is 0.175 e. The van der Waals surface area contributed by atoms with Crippen LogP contribution in [0, 0.1) is 29.1 Å². The summed E-state index contributed by atoms with van der Waals surface area (Å²) >= 11 is 0. The summed E-state index contributed by atoms with van der Waals surface area (Å²) in [6.07, 6.45) is 17.3. The molecule has 5 aliphatic rings. The summed E-state index contributed by atoms with van der Waals surface area (Å²) in [4.78, 5) is 11.8. The fourth-order valence-corrected chi connectivity index (χ4v) is 7.21. The van der Waals surface area contributed by atoms with Gasteiger partial charge in [-0.2, -0.15) is 0 Å². The van der Waals surface area contributed by atoms with Gasteiger partial charge in [0.2, 0.25) is 0 Å². The summed E-state index contributed by atoms with van der Waals surface area (Å²) in [5.41, 5.74) is 1.17. The van der Waals surface area contributed by atoms with E-state index in [0.717, 1.165) is 25.7 Å². The van der Waals surface area contributed by atoms with Crippen LogP contribution >= 0.6 is 0 Å². The second-order valence-corrected chi connectivity index (χ2v) is 8.81. The minimum absolute atomic E-state index is 0.151. The Kier molecular flexibility index (Phi) is 3.46. The number of fused-ring (bicyclic) bond motifs is 6. The van der Waals surface area contributed by atoms with E-state index in [4.69, 9.17) is 4.74 Å². The molecule has 2 saturated carbocycles. The molecule has 0 amide bonds. The highest BCUT2D eigenvalue weighted by molar-refractivity contribution is 5.91. The van der Waals surface area contributed by atoms with Crippen molar-refractivity contribution in [2.45, 2.75) is 63.8 Å². The summed E-state index contributed by atoms with van der Waals surface area (Å²) < 4.78 is 6.14. The van der Waals surface area contributed by atoms with Crippen molar-refractivity contribution in [2.75, 3.05) is 0 Å². The first kappa shape index (κ1) is 16.0. The van der Waals surface area contributed by atoms with Gasteiger partial charge in [0.1, 0.15) is 0 Å². The van der Waals surface area contributed by atoms with E-state index in [1.54, 1.807) is 0 Å². The number of hydrogen-bond donors (Lipinski definition) is 1. The normalized spacial score (nSPS) is 50.6. The maximum absolute atomic E-state index is 11.8. The van der Waals surface area contributed by atoms with Gasteiger partial charge in [0.25, 0.3) is 0 Å². The Hall–Kier alpha value is -1.19. The van der Waals surface area contributed by atoms with E-state index in [1.807, 2.05) is 12.2 Å². The molecular weight excluding hydrogens is 312 g/mol. The van der Waals surface area contributed by atoms with Gasteiger partial charge in [0.15, 0.2) is 12.1 Å². The third kappa shape index (κ3) is 2.03. The lowest BCUT2D eigenvalue weighted by atomic mass is 9.51. The van der Waals surface area contributed by atoms with Gasteiger partial charge < -0.3 is 9.84 Å². The van der Waals surface area contributed by atoms with Gasteiger partial charge in [-0.1, -0.05) is 25.2 Å². The van der Waals surface area contributed by atoms with Crippen molar-refractivity contribution in [3.05, 3.63) is 36.0 Å².